The Morgan fingerprint density at radius 3 is 2.77 bits per heavy atom. The van der Waals surface area contributed by atoms with Gasteiger partial charge in [-0.2, -0.15) is 9.49 Å². The molecule has 1 aliphatic rings. The van der Waals surface area contributed by atoms with Gasteiger partial charge in [-0.25, -0.2) is 9.67 Å². The number of ketones is 1. The molecule has 31 heavy (non-hydrogen) atoms. The third kappa shape index (κ3) is 3.22. The minimum absolute atomic E-state index is 0.0197. The highest BCUT2D eigenvalue weighted by Crippen LogP contribution is 2.43. The molecule has 2 heterocycles. The van der Waals surface area contributed by atoms with Crippen molar-refractivity contribution >= 4 is 22.4 Å². The summed E-state index contributed by atoms with van der Waals surface area (Å²) in [5, 5.41) is 19.1. The van der Waals surface area contributed by atoms with E-state index in [0.29, 0.717) is 12.1 Å². The number of phenolic OH excluding ortho intramolecular Hbond substituents is 1. The maximum atomic E-state index is 13.2. The highest BCUT2D eigenvalue weighted by molar-refractivity contribution is 5.97. The first kappa shape index (κ1) is 19.2. The number of aromatic nitrogens is 3. The van der Waals surface area contributed by atoms with E-state index in [0.717, 1.165) is 34.1 Å². The van der Waals surface area contributed by atoms with Gasteiger partial charge < -0.3 is 10.4 Å². The number of nitrogens with zero attached hydrogens (tertiary/aromatic N) is 3. The summed E-state index contributed by atoms with van der Waals surface area (Å²) in [6.45, 7) is 2.03. The Labute approximate surface area is 178 Å². The van der Waals surface area contributed by atoms with Gasteiger partial charge in [-0.3, -0.25) is 4.79 Å². The van der Waals surface area contributed by atoms with Crippen molar-refractivity contribution in [1.29, 1.82) is 0 Å². The molecule has 0 radical (unpaired) electrons. The van der Waals surface area contributed by atoms with Crippen LogP contribution >= 0.6 is 0 Å². The standard InChI is InChI=1S/C24H21FN4O2/c1-2-14-11-21(31)24(16-5-3-8-20(30)23(14)16)28-18-6-4-7-19-17(18)13-27-29(19)15-9-10-22(25)26-12-15/h3-10,12-14,24,28,30H,2,11H2,1H3/t14-,24?/m1/s1. The molecule has 1 aliphatic carbocycles. The van der Waals surface area contributed by atoms with Crippen LogP contribution < -0.4 is 5.32 Å². The molecule has 6 nitrogen and oxygen atoms in total. The van der Waals surface area contributed by atoms with Crippen molar-refractivity contribution in [2.75, 3.05) is 5.32 Å². The number of hydrogen-bond donors (Lipinski definition) is 2. The number of anilines is 1. The molecule has 0 saturated carbocycles. The van der Waals surface area contributed by atoms with Gasteiger partial charge in [0.2, 0.25) is 5.95 Å². The zero-order valence-corrected chi connectivity index (χ0v) is 16.9. The first-order valence-corrected chi connectivity index (χ1v) is 10.3. The van der Waals surface area contributed by atoms with Crippen LogP contribution in [0.1, 0.15) is 42.9 Å². The van der Waals surface area contributed by atoms with Gasteiger partial charge in [0, 0.05) is 23.1 Å². The fourth-order valence-corrected chi connectivity index (χ4v) is 4.44. The molecule has 0 aliphatic heterocycles. The van der Waals surface area contributed by atoms with E-state index in [1.807, 2.05) is 31.2 Å². The summed E-state index contributed by atoms with van der Waals surface area (Å²) in [6.07, 6.45) is 4.31. The summed E-state index contributed by atoms with van der Waals surface area (Å²) in [7, 11) is 0. The van der Waals surface area contributed by atoms with Crippen molar-refractivity contribution < 1.29 is 14.3 Å². The minimum Gasteiger partial charge on any atom is -0.508 e. The van der Waals surface area contributed by atoms with Crippen LogP contribution in [0.15, 0.2) is 60.9 Å². The maximum absolute atomic E-state index is 13.2. The number of Topliss-reactive ketones (excluding diaryl/α,β-unsaturated/α-hetero) is 1. The molecular weight excluding hydrogens is 395 g/mol. The number of fused-ring (bicyclic) bond motifs is 2. The summed E-state index contributed by atoms with van der Waals surface area (Å²) in [4.78, 5) is 16.7. The summed E-state index contributed by atoms with van der Waals surface area (Å²) in [5.41, 5.74) is 3.88. The summed E-state index contributed by atoms with van der Waals surface area (Å²) < 4.78 is 14.9. The number of benzene rings is 2. The molecular formula is C24H21FN4O2. The normalized spacial score (nSPS) is 18.2. The lowest BCUT2D eigenvalue weighted by atomic mass is 9.77. The summed E-state index contributed by atoms with van der Waals surface area (Å²) in [5.74, 6) is -0.201. The number of phenols is 1. The van der Waals surface area contributed by atoms with E-state index in [2.05, 4.69) is 15.4 Å². The van der Waals surface area contributed by atoms with Gasteiger partial charge in [-0.15, -0.1) is 0 Å². The predicted molar refractivity (Wildman–Crippen MR) is 116 cm³/mol. The number of rotatable bonds is 4. The monoisotopic (exact) mass is 416 g/mol. The van der Waals surface area contributed by atoms with Gasteiger partial charge in [0.1, 0.15) is 11.8 Å². The molecule has 0 spiro atoms. The number of carbonyl (C=O) groups excluding carboxylic acids is 1. The lowest BCUT2D eigenvalue weighted by Gasteiger charge is -2.31. The van der Waals surface area contributed by atoms with Gasteiger partial charge in [0.15, 0.2) is 5.78 Å². The van der Waals surface area contributed by atoms with Crippen LogP contribution in [0, 0.1) is 5.95 Å². The van der Waals surface area contributed by atoms with E-state index < -0.39 is 12.0 Å². The maximum Gasteiger partial charge on any atom is 0.212 e. The lowest BCUT2D eigenvalue weighted by Crippen LogP contribution is -2.29. The Morgan fingerprint density at radius 1 is 1.16 bits per heavy atom. The van der Waals surface area contributed by atoms with Crippen molar-refractivity contribution in [3.05, 3.63) is 78.0 Å². The number of pyridine rings is 1. The molecule has 2 N–H and O–H groups in total. The Kier molecular flexibility index (Phi) is 4.66. The van der Waals surface area contributed by atoms with Gasteiger partial charge in [-0.1, -0.05) is 25.1 Å². The average Bonchev–Trinajstić information content (AvgIpc) is 3.21. The molecule has 0 bridgehead atoms. The molecule has 2 atom stereocenters. The van der Waals surface area contributed by atoms with E-state index in [1.165, 1.54) is 12.3 Å². The van der Waals surface area contributed by atoms with Gasteiger partial charge in [-0.05, 0) is 48.2 Å². The van der Waals surface area contributed by atoms with Crippen LogP contribution in [0.25, 0.3) is 16.6 Å². The Morgan fingerprint density at radius 2 is 2.00 bits per heavy atom. The van der Waals surface area contributed by atoms with Crippen LogP contribution in [-0.2, 0) is 4.79 Å². The Bertz CT molecular complexity index is 1280. The molecule has 2 aromatic carbocycles. The molecule has 2 aromatic heterocycles. The summed E-state index contributed by atoms with van der Waals surface area (Å²) in [6, 6.07) is 13.4. The van der Waals surface area contributed by atoms with E-state index in [-0.39, 0.29) is 17.5 Å². The second-order valence-corrected chi connectivity index (χ2v) is 7.77. The number of carbonyl (C=O) groups is 1. The second-order valence-electron chi connectivity index (χ2n) is 7.77. The third-order valence-corrected chi connectivity index (χ3v) is 5.97. The first-order chi connectivity index (χ1) is 15.1. The largest absolute Gasteiger partial charge is 0.508 e. The van der Waals surface area contributed by atoms with Gasteiger partial charge in [0.25, 0.3) is 0 Å². The average molecular weight is 416 g/mol. The minimum atomic E-state index is -0.550. The quantitative estimate of drug-likeness (QED) is 0.463. The van der Waals surface area contributed by atoms with Crippen molar-refractivity contribution in [3.8, 4) is 11.4 Å². The van der Waals surface area contributed by atoms with Gasteiger partial charge in [0.05, 0.1) is 23.6 Å². The van der Waals surface area contributed by atoms with E-state index in [1.54, 1.807) is 29.1 Å². The van der Waals surface area contributed by atoms with E-state index in [4.69, 9.17) is 0 Å². The summed E-state index contributed by atoms with van der Waals surface area (Å²) >= 11 is 0. The number of halogens is 1. The Hall–Kier alpha value is -3.74. The van der Waals surface area contributed by atoms with Crippen molar-refractivity contribution in [1.82, 2.24) is 14.8 Å². The topological polar surface area (TPSA) is 80.0 Å². The number of nitrogens with one attached hydrogen (secondary N) is 1. The second kappa shape index (κ2) is 7.50. The molecule has 4 aromatic rings. The molecule has 0 amide bonds. The predicted octanol–water partition coefficient (Wildman–Crippen LogP) is 4.88. The number of hydrogen-bond acceptors (Lipinski definition) is 5. The molecule has 156 valence electrons. The smallest absolute Gasteiger partial charge is 0.212 e. The van der Waals surface area contributed by atoms with Crippen LogP contribution in [0.2, 0.25) is 0 Å². The molecule has 7 heteroatoms. The van der Waals surface area contributed by atoms with Crippen LogP contribution in [0.4, 0.5) is 10.1 Å². The van der Waals surface area contributed by atoms with Crippen molar-refractivity contribution in [2.45, 2.75) is 31.7 Å². The molecule has 0 saturated heterocycles. The first-order valence-electron chi connectivity index (χ1n) is 10.3. The Balaban J connectivity index is 1.56. The van der Waals surface area contributed by atoms with E-state index >= 15 is 0 Å². The molecule has 1 unspecified atom stereocenters. The van der Waals surface area contributed by atoms with Crippen molar-refractivity contribution in [2.24, 2.45) is 0 Å². The zero-order chi connectivity index (χ0) is 21.5. The molecule has 5 rings (SSSR count). The fourth-order valence-electron chi connectivity index (χ4n) is 4.44. The van der Waals surface area contributed by atoms with Crippen molar-refractivity contribution in [3.63, 3.8) is 0 Å². The zero-order valence-electron chi connectivity index (χ0n) is 16.9. The van der Waals surface area contributed by atoms with E-state index in [9.17, 15) is 14.3 Å². The number of aromatic hydroxyl groups is 1. The SMILES string of the molecule is CC[C@@H]1CC(=O)C(Nc2cccc3c2cnn3-c2ccc(F)nc2)c2cccc(O)c21. The molecule has 0 fully saturated rings. The lowest BCUT2D eigenvalue weighted by molar-refractivity contribution is -0.120. The highest BCUT2D eigenvalue weighted by atomic mass is 19.1. The van der Waals surface area contributed by atoms with Crippen LogP contribution in [-0.4, -0.2) is 25.7 Å². The van der Waals surface area contributed by atoms with Gasteiger partial charge >= 0.3 is 0 Å². The third-order valence-electron chi connectivity index (χ3n) is 5.97. The van der Waals surface area contributed by atoms with Crippen LogP contribution in [0.5, 0.6) is 5.75 Å². The fraction of sp³-hybridized carbons (Fsp3) is 0.208. The van der Waals surface area contributed by atoms with Crippen LogP contribution in [0.3, 0.4) is 0 Å². The highest BCUT2D eigenvalue weighted by Gasteiger charge is 2.34.